The average Bonchev–Trinajstić information content (AvgIpc) is 2.87. The minimum absolute atomic E-state index is 0.0129. The van der Waals surface area contributed by atoms with Gasteiger partial charge < -0.3 is 14.7 Å². The fourth-order valence-corrected chi connectivity index (χ4v) is 3.06. The molecule has 1 aliphatic rings. The summed E-state index contributed by atoms with van der Waals surface area (Å²) in [5.41, 5.74) is -0.389. The molecule has 0 bridgehead atoms. The predicted octanol–water partition coefficient (Wildman–Crippen LogP) is 2.30. The molecule has 1 fully saturated rings. The zero-order valence-electron chi connectivity index (χ0n) is 12.7. The molecule has 1 aliphatic carbocycles. The van der Waals surface area contributed by atoms with Crippen LogP contribution in [0.15, 0.2) is 0 Å². The van der Waals surface area contributed by atoms with E-state index >= 15 is 0 Å². The number of aliphatic carboxylic acids is 1. The summed E-state index contributed by atoms with van der Waals surface area (Å²) in [6.45, 7) is 5.46. The number of carboxylic acids is 1. The van der Waals surface area contributed by atoms with E-state index in [1.54, 1.807) is 0 Å². The average molecular weight is 285 g/mol. The molecule has 0 aromatic heterocycles. The fourth-order valence-electron chi connectivity index (χ4n) is 3.06. The summed E-state index contributed by atoms with van der Waals surface area (Å²) in [4.78, 5) is 25.3. The van der Waals surface area contributed by atoms with E-state index in [9.17, 15) is 9.59 Å². The summed E-state index contributed by atoms with van der Waals surface area (Å²) in [6, 6.07) is 0. The van der Waals surface area contributed by atoms with Crippen molar-refractivity contribution in [2.45, 2.75) is 52.4 Å². The molecule has 0 aliphatic heterocycles. The van der Waals surface area contributed by atoms with Crippen molar-refractivity contribution in [3.63, 3.8) is 0 Å². The second-order valence-electron chi connectivity index (χ2n) is 5.55. The van der Waals surface area contributed by atoms with Gasteiger partial charge in [0.15, 0.2) is 0 Å². The summed E-state index contributed by atoms with van der Waals surface area (Å²) in [6.07, 6.45) is 5.30. The summed E-state index contributed by atoms with van der Waals surface area (Å²) >= 11 is 0. The number of rotatable bonds is 9. The smallest absolute Gasteiger partial charge is 0.323 e. The van der Waals surface area contributed by atoms with Gasteiger partial charge in [-0.2, -0.15) is 0 Å². The quantitative estimate of drug-likeness (QED) is 0.660. The first-order valence-electron chi connectivity index (χ1n) is 7.64. The van der Waals surface area contributed by atoms with Crippen LogP contribution in [0.1, 0.15) is 52.4 Å². The van der Waals surface area contributed by atoms with Crippen molar-refractivity contribution in [2.24, 2.45) is 5.41 Å². The normalized spacial score (nSPS) is 17.1. The van der Waals surface area contributed by atoms with Crippen molar-refractivity contribution in [3.8, 4) is 0 Å². The molecule has 5 nitrogen and oxygen atoms in total. The Morgan fingerprint density at radius 1 is 1.25 bits per heavy atom. The molecule has 20 heavy (non-hydrogen) atoms. The van der Waals surface area contributed by atoms with E-state index < -0.39 is 5.97 Å². The molecule has 0 heterocycles. The number of carboxylic acid groups (broad SMARTS) is 1. The van der Waals surface area contributed by atoms with Crippen molar-refractivity contribution in [3.05, 3.63) is 0 Å². The Hall–Kier alpha value is -1.10. The largest absolute Gasteiger partial charge is 0.480 e. The third-order valence-corrected chi connectivity index (χ3v) is 4.05. The minimum atomic E-state index is -0.940. The number of ether oxygens (including phenoxy) is 1. The number of nitrogens with zero attached hydrogens (tertiary/aromatic N) is 1. The molecule has 0 atom stereocenters. The van der Waals surface area contributed by atoms with Gasteiger partial charge in [0.2, 0.25) is 5.91 Å². The first-order valence-corrected chi connectivity index (χ1v) is 7.64. The van der Waals surface area contributed by atoms with Crippen LogP contribution >= 0.6 is 0 Å². The van der Waals surface area contributed by atoms with Crippen LogP contribution in [0.2, 0.25) is 0 Å². The first-order chi connectivity index (χ1) is 9.55. The molecule has 0 spiro atoms. The molecule has 0 aromatic carbocycles. The predicted molar refractivity (Wildman–Crippen MR) is 76.5 cm³/mol. The van der Waals surface area contributed by atoms with Crippen LogP contribution in [0, 0.1) is 5.41 Å². The first kappa shape index (κ1) is 17.0. The van der Waals surface area contributed by atoms with Gasteiger partial charge in [0.25, 0.3) is 0 Å². The maximum atomic E-state index is 12.8. The van der Waals surface area contributed by atoms with Gasteiger partial charge in [0.1, 0.15) is 6.54 Å². The highest BCUT2D eigenvalue weighted by Gasteiger charge is 2.43. The van der Waals surface area contributed by atoms with Crippen molar-refractivity contribution < 1.29 is 19.4 Å². The van der Waals surface area contributed by atoms with Gasteiger partial charge in [0.05, 0.1) is 5.41 Å². The SMILES string of the molecule is CCCN(CC(=O)O)C(=O)C1(CCOCC)CCCC1. The topological polar surface area (TPSA) is 66.8 Å². The molecule has 1 rings (SSSR count). The van der Waals surface area contributed by atoms with Gasteiger partial charge in [-0.25, -0.2) is 0 Å². The number of amides is 1. The Balaban J connectivity index is 2.76. The standard InChI is InChI=1S/C15H27NO4/c1-3-10-16(12-13(17)18)14(19)15(7-5-6-8-15)9-11-20-4-2/h3-12H2,1-2H3,(H,17,18). The molecule has 0 unspecified atom stereocenters. The summed E-state index contributed by atoms with van der Waals surface area (Å²) in [5.74, 6) is -0.927. The Morgan fingerprint density at radius 3 is 2.40 bits per heavy atom. The molecule has 1 amide bonds. The zero-order chi connectivity index (χ0) is 15.0. The van der Waals surface area contributed by atoms with Crippen molar-refractivity contribution in [2.75, 3.05) is 26.3 Å². The number of carbonyl (C=O) groups excluding carboxylic acids is 1. The molecule has 0 aromatic rings. The molecule has 5 heteroatoms. The van der Waals surface area contributed by atoms with Gasteiger partial charge in [-0.05, 0) is 32.6 Å². The summed E-state index contributed by atoms with van der Waals surface area (Å²) < 4.78 is 5.40. The monoisotopic (exact) mass is 285 g/mol. The lowest BCUT2D eigenvalue weighted by Crippen LogP contribution is -2.45. The Kier molecular flexibility index (Phi) is 6.99. The number of carbonyl (C=O) groups is 2. The third kappa shape index (κ3) is 4.47. The van der Waals surface area contributed by atoms with E-state index in [1.165, 1.54) is 4.90 Å². The molecule has 1 saturated carbocycles. The van der Waals surface area contributed by atoms with E-state index in [0.717, 1.165) is 32.1 Å². The summed E-state index contributed by atoms with van der Waals surface area (Å²) in [5, 5.41) is 8.98. The Bertz CT molecular complexity index is 324. The molecular formula is C15H27NO4. The van der Waals surface area contributed by atoms with Crippen LogP contribution in [0.5, 0.6) is 0 Å². The van der Waals surface area contributed by atoms with E-state index in [0.29, 0.717) is 26.2 Å². The lowest BCUT2D eigenvalue weighted by Gasteiger charge is -2.33. The van der Waals surface area contributed by atoms with Gasteiger partial charge in [-0.1, -0.05) is 19.8 Å². The van der Waals surface area contributed by atoms with E-state index in [1.807, 2.05) is 13.8 Å². The second kappa shape index (κ2) is 8.25. The van der Waals surface area contributed by atoms with Crippen molar-refractivity contribution in [1.82, 2.24) is 4.90 Å². The Morgan fingerprint density at radius 2 is 1.90 bits per heavy atom. The number of hydrogen-bond donors (Lipinski definition) is 1. The van der Waals surface area contributed by atoms with Crippen molar-refractivity contribution in [1.29, 1.82) is 0 Å². The fraction of sp³-hybridized carbons (Fsp3) is 0.867. The Labute approximate surface area is 121 Å². The second-order valence-corrected chi connectivity index (χ2v) is 5.55. The highest BCUT2D eigenvalue weighted by atomic mass is 16.5. The molecule has 0 saturated heterocycles. The van der Waals surface area contributed by atoms with E-state index in [2.05, 4.69) is 0 Å². The third-order valence-electron chi connectivity index (χ3n) is 4.05. The highest BCUT2D eigenvalue weighted by molar-refractivity contribution is 5.86. The van der Waals surface area contributed by atoms with Crippen molar-refractivity contribution >= 4 is 11.9 Å². The van der Waals surface area contributed by atoms with Crippen LogP contribution in [-0.4, -0.2) is 48.2 Å². The lowest BCUT2D eigenvalue weighted by molar-refractivity contribution is -0.150. The van der Waals surface area contributed by atoms with E-state index in [-0.39, 0.29) is 17.9 Å². The van der Waals surface area contributed by atoms with Gasteiger partial charge >= 0.3 is 5.97 Å². The maximum Gasteiger partial charge on any atom is 0.323 e. The van der Waals surface area contributed by atoms with Crippen LogP contribution < -0.4 is 0 Å². The van der Waals surface area contributed by atoms with Crippen LogP contribution in [0.3, 0.4) is 0 Å². The maximum absolute atomic E-state index is 12.8. The van der Waals surface area contributed by atoms with E-state index in [4.69, 9.17) is 9.84 Å². The van der Waals surface area contributed by atoms with Gasteiger partial charge in [-0.15, -0.1) is 0 Å². The van der Waals surface area contributed by atoms with Gasteiger partial charge in [0, 0.05) is 19.8 Å². The van der Waals surface area contributed by atoms with Crippen LogP contribution in [0.25, 0.3) is 0 Å². The molecule has 1 N–H and O–H groups in total. The lowest BCUT2D eigenvalue weighted by atomic mass is 9.81. The number of hydrogen-bond acceptors (Lipinski definition) is 3. The van der Waals surface area contributed by atoms with Gasteiger partial charge in [-0.3, -0.25) is 9.59 Å². The van der Waals surface area contributed by atoms with Crippen LogP contribution in [0.4, 0.5) is 0 Å². The molecule has 0 radical (unpaired) electrons. The summed E-state index contributed by atoms with van der Waals surface area (Å²) in [7, 11) is 0. The minimum Gasteiger partial charge on any atom is -0.480 e. The molecule has 116 valence electrons. The molecular weight excluding hydrogens is 258 g/mol. The highest BCUT2D eigenvalue weighted by Crippen LogP contribution is 2.42. The zero-order valence-corrected chi connectivity index (χ0v) is 12.7. The van der Waals surface area contributed by atoms with Crippen LogP contribution in [-0.2, 0) is 14.3 Å².